The maximum absolute atomic E-state index is 6.29. The smallest absolute Gasteiger partial charge is 0.118 e. The maximum Gasteiger partial charge on any atom is 0.118 e. The van der Waals surface area contributed by atoms with Crippen LogP contribution in [0.4, 0.5) is 0 Å². The lowest BCUT2D eigenvalue weighted by Gasteiger charge is -2.35. The maximum atomic E-state index is 6.29. The minimum absolute atomic E-state index is 0.103. The Morgan fingerprint density at radius 3 is 2.80 bits per heavy atom. The van der Waals surface area contributed by atoms with E-state index in [0.29, 0.717) is 0 Å². The second kappa shape index (κ2) is 7.62. The number of likely N-dealkylation sites (N-methyl/N-ethyl adjacent to an activating group) is 1. The molecule has 0 aliphatic carbocycles. The molecule has 0 radical (unpaired) electrons. The van der Waals surface area contributed by atoms with E-state index in [9.17, 15) is 0 Å². The summed E-state index contributed by atoms with van der Waals surface area (Å²) in [7, 11) is 1.69. The zero-order valence-corrected chi connectivity index (χ0v) is 12.5. The molecule has 0 amide bonds. The summed E-state index contributed by atoms with van der Waals surface area (Å²) in [5.74, 6) is 0.896. The number of aryl methyl sites for hydroxylation is 1. The summed E-state index contributed by atoms with van der Waals surface area (Å²) in [4.78, 5) is 2.40. The van der Waals surface area contributed by atoms with Crippen LogP contribution < -0.4 is 10.5 Å². The molecule has 0 aromatic heterocycles. The highest BCUT2D eigenvalue weighted by Crippen LogP contribution is 2.15. The van der Waals surface area contributed by atoms with Gasteiger partial charge in [0.15, 0.2) is 0 Å². The highest BCUT2D eigenvalue weighted by atomic mass is 16.5. The van der Waals surface area contributed by atoms with Crippen molar-refractivity contribution in [3.05, 3.63) is 29.8 Å². The van der Waals surface area contributed by atoms with Crippen molar-refractivity contribution in [1.29, 1.82) is 0 Å². The van der Waals surface area contributed by atoms with Crippen LogP contribution >= 0.6 is 0 Å². The molecule has 1 fully saturated rings. The molecule has 1 aromatic carbocycles. The van der Waals surface area contributed by atoms with Crippen LogP contribution in [-0.4, -0.2) is 50.4 Å². The van der Waals surface area contributed by atoms with E-state index in [1.807, 2.05) is 12.1 Å². The van der Waals surface area contributed by atoms with Crippen molar-refractivity contribution < 1.29 is 9.47 Å². The number of nitrogens with zero attached hydrogens (tertiary/aromatic N) is 1. The van der Waals surface area contributed by atoms with Crippen LogP contribution in [0, 0.1) is 0 Å². The lowest BCUT2D eigenvalue weighted by molar-refractivity contribution is -0.0397. The topological polar surface area (TPSA) is 47.7 Å². The average molecular weight is 278 g/mol. The lowest BCUT2D eigenvalue weighted by Crippen LogP contribution is -2.50. The van der Waals surface area contributed by atoms with Crippen LogP contribution in [0.25, 0.3) is 0 Å². The Balaban J connectivity index is 1.80. The van der Waals surface area contributed by atoms with Crippen molar-refractivity contribution in [2.75, 3.05) is 33.4 Å². The first-order chi connectivity index (χ1) is 9.72. The van der Waals surface area contributed by atoms with Gasteiger partial charge in [0.1, 0.15) is 5.75 Å². The number of methoxy groups -OCH3 is 1. The largest absolute Gasteiger partial charge is 0.497 e. The zero-order valence-electron chi connectivity index (χ0n) is 12.5. The van der Waals surface area contributed by atoms with E-state index in [-0.39, 0.29) is 12.1 Å². The van der Waals surface area contributed by atoms with Crippen LogP contribution in [0.1, 0.15) is 18.9 Å². The summed E-state index contributed by atoms with van der Waals surface area (Å²) >= 11 is 0. The molecule has 0 spiro atoms. The van der Waals surface area contributed by atoms with Gasteiger partial charge in [-0.1, -0.05) is 19.1 Å². The summed E-state index contributed by atoms with van der Waals surface area (Å²) < 4.78 is 11.0. The molecule has 2 unspecified atom stereocenters. The van der Waals surface area contributed by atoms with Crippen LogP contribution in [0.3, 0.4) is 0 Å². The van der Waals surface area contributed by atoms with Crippen molar-refractivity contribution in [3.63, 3.8) is 0 Å². The van der Waals surface area contributed by atoms with Gasteiger partial charge in [-0.15, -0.1) is 0 Å². The summed E-state index contributed by atoms with van der Waals surface area (Å²) in [6.07, 6.45) is 2.10. The molecule has 1 aliphatic heterocycles. The Morgan fingerprint density at radius 2 is 2.15 bits per heavy atom. The van der Waals surface area contributed by atoms with E-state index < -0.39 is 0 Å². The van der Waals surface area contributed by atoms with Gasteiger partial charge < -0.3 is 15.2 Å². The van der Waals surface area contributed by atoms with Crippen molar-refractivity contribution in [3.8, 4) is 5.75 Å². The first-order valence-electron chi connectivity index (χ1n) is 7.45. The van der Waals surface area contributed by atoms with E-state index in [1.54, 1.807) is 7.11 Å². The third-order valence-electron chi connectivity index (χ3n) is 4.03. The van der Waals surface area contributed by atoms with Gasteiger partial charge in [-0.25, -0.2) is 0 Å². The normalized spacial score (nSPS) is 21.6. The summed E-state index contributed by atoms with van der Waals surface area (Å²) in [6, 6.07) is 8.30. The standard InChI is InChI=1S/C16H26N2O2/c1-3-18-10-11-20-16(12-18)15(17)9-6-13-4-7-14(19-2)8-5-13/h4-5,7-8,15-16H,3,6,9-12,17H2,1-2H3. The predicted molar refractivity (Wildman–Crippen MR) is 81.1 cm³/mol. The molecule has 2 atom stereocenters. The minimum atomic E-state index is 0.103. The van der Waals surface area contributed by atoms with Gasteiger partial charge >= 0.3 is 0 Å². The molecular weight excluding hydrogens is 252 g/mol. The van der Waals surface area contributed by atoms with E-state index in [4.69, 9.17) is 15.2 Å². The summed E-state index contributed by atoms with van der Waals surface area (Å²) in [5, 5.41) is 0. The second-order valence-corrected chi connectivity index (χ2v) is 5.35. The molecule has 0 bridgehead atoms. The summed E-state index contributed by atoms with van der Waals surface area (Å²) in [6.45, 7) is 6.05. The predicted octanol–water partition coefficient (Wildman–Crippen LogP) is 1.68. The van der Waals surface area contributed by atoms with E-state index in [1.165, 1.54) is 5.56 Å². The number of ether oxygens (including phenoxy) is 2. The van der Waals surface area contributed by atoms with E-state index in [0.717, 1.165) is 44.8 Å². The molecule has 1 heterocycles. The van der Waals surface area contributed by atoms with Crippen LogP contribution in [0.15, 0.2) is 24.3 Å². The SMILES string of the molecule is CCN1CCOC(C(N)CCc2ccc(OC)cc2)C1. The van der Waals surface area contributed by atoms with Crippen LogP contribution in [0.2, 0.25) is 0 Å². The Hall–Kier alpha value is -1.10. The Morgan fingerprint density at radius 1 is 1.40 bits per heavy atom. The van der Waals surface area contributed by atoms with Crippen LogP contribution in [0.5, 0.6) is 5.75 Å². The molecular formula is C16H26N2O2. The van der Waals surface area contributed by atoms with E-state index >= 15 is 0 Å². The number of benzene rings is 1. The first kappa shape index (κ1) is 15.3. The molecule has 2 N–H and O–H groups in total. The van der Waals surface area contributed by atoms with Gasteiger partial charge in [-0.2, -0.15) is 0 Å². The molecule has 112 valence electrons. The Kier molecular flexibility index (Phi) is 5.83. The molecule has 2 rings (SSSR count). The van der Waals surface area contributed by atoms with Gasteiger partial charge in [-0.05, 0) is 37.1 Å². The van der Waals surface area contributed by atoms with Crippen molar-refractivity contribution >= 4 is 0 Å². The number of morpholine rings is 1. The van der Waals surface area contributed by atoms with Crippen molar-refractivity contribution in [1.82, 2.24) is 4.90 Å². The molecule has 1 aromatic rings. The molecule has 1 aliphatic rings. The molecule has 20 heavy (non-hydrogen) atoms. The van der Waals surface area contributed by atoms with Gasteiger partial charge in [0.25, 0.3) is 0 Å². The van der Waals surface area contributed by atoms with Gasteiger partial charge in [0.05, 0.1) is 19.8 Å². The lowest BCUT2D eigenvalue weighted by atomic mass is 10.0. The fourth-order valence-corrected chi connectivity index (χ4v) is 2.59. The third kappa shape index (κ3) is 4.20. The van der Waals surface area contributed by atoms with Crippen molar-refractivity contribution in [2.45, 2.75) is 31.9 Å². The Bertz CT molecular complexity index is 394. The van der Waals surface area contributed by atoms with Crippen LogP contribution in [-0.2, 0) is 11.2 Å². The quantitative estimate of drug-likeness (QED) is 0.860. The minimum Gasteiger partial charge on any atom is -0.497 e. The first-order valence-corrected chi connectivity index (χ1v) is 7.45. The Labute approximate surface area is 121 Å². The molecule has 4 nitrogen and oxygen atoms in total. The van der Waals surface area contributed by atoms with Gasteiger partial charge in [0.2, 0.25) is 0 Å². The molecule has 4 heteroatoms. The fraction of sp³-hybridized carbons (Fsp3) is 0.625. The highest BCUT2D eigenvalue weighted by molar-refractivity contribution is 5.27. The van der Waals surface area contributed by atoms with Crippen molar-refractivity contribution in [2.24, 2.45) is 5.73 Å². The molecule has 0 saturated carbocycles. The monoisotopic (exact) mass is 278 g/mol. The second-order valence-electron chi connectivity index (χ2n) is 5.35. The molecule has 1 saturated heterocycles. The van der Waals surface area contributed by atoms with Gasteiger partial charge in [-0.3, -0.25) is 4.90 Å². The van der Waals surface area contributed by atoms with E-state index in [2.05, 4.69) is 24.0 Å². The number of hydrogen-bond donors (Lipinski definition) is 1. The number of nitrogens with two attached hydrogens (primary N) is 1. The average Bonchev–Trinajstić information content (AvgIpc) is 2.53. The zero-order chi connectivity index (χ0) is 14.4. The number of hydrogen-bond acceptors (Lipinski definition) is 4. The van der Waals surface area contributed by atoms with Gasteiger partial charge in [0, 0.05) is 19.1 Å². The summed E-state index contributed by atoms with van der Waals surface area (Å²) in [5.41, 5.74) is 7.59. The number of rotatable bonds is 6. The highest BCUT2D eigenvalue weighted by Gasteiger charge is 2.24. The fourth-order valence-electron chi connectivity index (χ4n) is 2.59. The third-order valence-corrected chi connectivity index (χ3v) is 4.03.